The lowest BCUT2D eigenvalue weighted by atomic mass is 10.3. The number of nitrogen functional groups attached to an aromatic ring is 1. The molecular weight excluding hydrogens is 218 g/mol. The van der Waals surface area contributed by atoms with Gasteiger partial charge in [0.1, 0.15) is 5.82 Å². The van der Waals surface area contributed by atoms with Gasteiger partial charge in [-0.05, 0) is 34.1 Å². The first-order valence-electron chi connectivity index (χ1n) is 3.44. The smallest absolute Gasteiger partial charge is 0.161 e. The lowest BCUT2D eigenvalue weighted by molar-refractivity contribution is 1.28. The molecule has 0 amide bonds. The Morgan fingerprint density at radius 2 is 2.25 bits per heavy atom. The Labute approximate surface area is 77.8 Å². The number of aromatic nitrogens is 2. The number of hydrogen-bond acceptors (Lipinski definition) is 3. The van der Waals surface area contributed by atoms with E-state index in [0.717, 1.165) is 9.86 Å². The van der Waals surface area contributed by atoms with Crippen molar-refractivity contribution >= 4 is 32.8 Å². The van der Waals surface area contributed by atoms with Crippen molar-refractivity contribution in [3.8, 4) is 0 Å². The third kappa shape index (κ3) is 1.14. The minimum Gasteiger partial charge on any atom is -0.383 e. The van der Waals surface area contributed by atoms with Crippen molar-refractivity contribution in [2.75, 3.05) is 5.73 Å². The van der Waals surface area contributed by atoms with E-state index in [-0.39, 0.29) is 0 Å². The van der Waals surface area contributed by atoms with E-state index >= 15 is 0 Å². The summed E-state index contributed by atoms with van der Waals surface area (Å²) in [7, 11) is 0. The molecule has 0 aliphatic carbocycles. The number of hydrogen-bond donors (Lipinski definition) is 1. The third-order valence-corrected chi connectivity index (χ3v) is 2.21. The van der Waals surface area contributed by atoms with Crippen LogP contribution in [0.1, 0.15) is 0 Å². The van der Waals surface area contributed by atoms with E-state index < -0.39 is 0 Å². The molecule has 0 radical (unpaired) electrons. The summed E-state index contributed by atoms with van der Waals surface area (Å²) in [5, 5.41) is 0.985. The van der Waals surface area contributed by atoms with Gasteiger partial charge in [0.2, 0.25) is 0 Å². The normalized spacial score (nSPS) is 10.4. The van der Waals surface area contributed by atoms with Gasteiger partial charge in [-0.25, -0.2) is 9.97 Å². The minimum absolute atomic E-state index is 0.473. The molecule has 2 rings (SSSR count). The van der Waals surface area contributed by atoms with E-state index in [4.69, 9.17) is 5.73 Å². The molecule has 0 bridgehead atoms. The summed E-state index contributed by atoms with van der Waals surface area (Å²) in [4.78, 5) is 8.17. The Morgan fingerprint density at radius 1 is 1.42 bits per heavy atom. The molecule has 0 unspecified atom stereocenters. The van der Waals surface area contributed by atoms with Crippen LogP contribution in [0, 0.1) is 0 Å². The van der Waals surface area contributed by atoms with Crippen LogP contribution in [-0.2, 0) is 0 Å². The maximum atomic E-state index is 5.59. The molecule has 0 fully saturated rings. The molecule has 0 saturated carbocycles. The maximum Gasteiger partial charge on any atom is 0.161 e. The number of rotatable bonds is 0. The molecule has 0 spiro atoms. The fourth-order valence-corrected chi connectivity index (χ4v) is 1.33. The largest absolute Gasteiger partial charge is 0.383 e. The number of fused-ring (bicyclic) bond motifs is 1. The summed E-state index contributed by atoms with van der Waals surface area (Å²) in [5.74, 6) is 0.473. The van der Waals surface area contributed by atoms with Gasteiger partial charge in [-0.15, -0.1) is 0 Å². The maximum absolute atomic E-state index is 5.59. The van der Waals surface area contributed by atoms with Crippen LogP contribution < -0.4 is 5.73 Å². The number of pyridine rings is 2. The van der Waals surface area contributed by atoms with E-state index in [1.807, 2.05) is 18.2 Å². The first-order valence-corrected chi connectivity index (χ1v) is 4.23. The number of anilines is 1. The molecule has 0 aliphatic heterocycles. The van der Waals surface area contributed by atoms with Crippen LogP contribution in [0.25, 0.3) is 11.0 Å². The highest BCUT2D eigenvalue weighted by molar-refractivity contribution is 9.10. The minimum atomic E-state index is 0.473. The van der Waals surface area contributed by atoms with Gasteiger partial charge in [0.05, 0.1) is 4.47 Å². The average Bonchev–Trinajstić information content (AvgIpc) is 2.07. The molecule has 4 heteroatoms. The summed E-state index contributed by atoms with van der Waals surface area (Å²) < 4.78 is 0.808. The van der Waals surface area contributed by atoms with Gasteiger partial charge >= 0.3 is 0 Å². The van der Waals surface area contributed by atoms with Crippen molar-refractivity contribution in [1.29, 1.82) is 0 Å². The van der Waals surface area contributed by atoms with Crippen molar-refractivity contribution in [2.45, 2.75) is 0 Å². The third-order valence-electron chi connectivity index (χ3n) is 1.57. The van der Waals surface area contributed by atoms with Crippen LogP contribution in [-0.4, -0.2) is 9.97 Å². The number of nitrogens with zero attached hydrogens (tertiary/aromatic N) is 2. The van der Waals surface area contributed by atoms with Gasteiger partial charge in [0.25, 0.3) is 0 Å². The summed E-state index contributed by atoms with van der Waals surface area (Å²) in [6.45, 7) is 0. The lowest BCUT2D eigenvalue weighted by Gasteiger charge is -1.99. The first kappa shape index (κ1) is 7.49. The van der Waals surface area contributed by atoms with Crippen LogP contribution in [0.15, 0.2) is 28.9 Å². The molecule has 2 aromatic heterocycles. The second kappa shape index (κ2) is 2.71. The van der Waals surface area contributed by atoms with Crippen molar-refractivity contribution in [2.24, 2.45) is 0 Å². The second-order valence-electron chi connectivity index (χ2n) is 2.41. The zero-order chi connectivity index (χ0) is 8.55. The molecule has 60 valence electrons. The summed E-state index contributed by atoms with van der Waals surface area (Å²) >= 11 is 3.30. The zero-order valence-electron chi connectivity index (χ0n) is 6.16. The molecule has 0 aliphatic rings. The molecule has 2 heterocycles. The predicted octanol–water partition coefficient (Wildman–Crippen LogP) is 1.97. The molecule has 0 aromatic carbocycles. The molecule has 0 saturated heterocycles. The van der Waals surface area contributed by atoms with Crippen LogP contribution in [0.2, 0.25) is 0 Å². The second-order valence-corrected chi connectivity index (χ2v) is 3.26. The zero-order valence-corrected chi connectivity index (χ0v) is 7.75. The summed E-state index contributed by atoms with van der Waals surface area (Å²) in [5.41, 5.74) is 6.27. The topological polar surface area (TPSA) is 51.8 Å². The summed E-state index contributed by atoms with van der Waals surface area (Å²) in [6, 6.07) is 5.72. The Balaban J connectivity index is 2.84. The fourth-order valence-electron chi connectivity index (χ4n) is 0.993. The quantitative estimate of drug-likeness (QED) is 0.744. The SMILES string of the molecule is Nc1nc2ncccc2cc1Br. The van der Waals surface area contributed by atoms with Crippen molar-refractivity contribution < 1.29 is 0 Å². The van der Waals surface area contributed by atoms with Gasteiger partial charge in [-0.1, -0.05) is 0 Å². The number of halogens is 1. The van der Waals surface area contributed by atoms with Gasteiger partial charge in [0, 0.05) is 11.6 Å². The Bertz CT molecular complexity index is 387. The van der Waals surface area contributed by atoms with E-state index in [2.05, 4.69) is 25.9 Å². The van der Waals surface area contributed by atoms with Crippen molar-refractivity contribution in [1.82, 2.24) is 9.97 Å². The van der Waals surface area contributed by atoms with Crippen LogP contribution >= 0.6 is 15.9 Å². The predicted molar refractivity (Wildman–Crippen MR) is 51.7 cm³/mol. The van der Waals surface area contributed by atoms with Crippen LogP contribution in [0.3, 0.4) is 0 Å². The van der Waals surface area contributed by atoms with Gasteiger partial charge in [-0.3, -0.25) is 0 Å². The summed E-state index contributed by atoms with van der Waals surface area (Å²) in [6.07, 6.45) is 1.70. The monoisotopic (exact) mass is 223 g/mol. The standard InChI is InChI=1S/C8H6BrN3/c9-6-4-5-2-1-3-11-8(5)12-7(6)10/h1-4H,(H2,10,11,12). The highest BCUT2D eigenvalue weighted by atomic mass is 79.9. The lowest BCUT2D eigenvalue weighted by Crippen LogP contribution is -1.92. The van der Waals surface area contributed by atoms with Crippen molar-refractivity contribution in [3.05, 3.63) is 28.9 Å². The highest BCUT2D eigenvalue weighted by Gasteiger charge is 1.99. The molecule has 12 heavy (non-hydrogen) atoms. The van der Waals surface area contributed by atoms with E-state index in [9.17, 15) is 0 Å². The molecule has 0 atom stereocenters. The molecular formula is C8H6BrN3. The van der Waals surface area contributed by atoms with E-state index in [1.165, 1.54) is 0 Å². The van der Waals surface area contributed by atoms with Gasteiger partial charge in [-0.2, -0.15) is 0 Å². The van der Waals surface area contributed by atoms with E-state index in [1.54, 1.807) is 6.20 Å². The number of nitrogens with two attached hydrogens (primary N) is 1. The molecule has 2 aromatic rings. The van der Waals surface area contributed by atoms with Crippen molar-refractivity contribution in [3.63, 3.8) is 0 Å². The Kier molecular flexibility index (Phi) is 1.69. The molecule has 3 nitrogen and oxygen atoms in total. The average molecular weight is 224 g/mol. The van der Waals surface area contributed by atoms with Gasteiger partial charge < -0.3 is 5.73 Å². The molecule has 2 N–H and O–H groups in total. The van der Waals surface area contributed by atoms with Crippen LogP contribution in [0.5, 0.6) is 0 Å². The Hall–Kier alpha value is -1.16. The van der Waals surface area contributed by atoms with Gasteiger partial charge in [0.15, 0.2) is 5.65 Å². The van der Waals surface area contributed by atoms with Crippen LogP contribution in [0.4, 0.5) is 5.82 Å². The van der Waals surface area contributed by atoms with E-state index in [0.29, 0.717) is 11.5 Å². The fraction of sp³-hybridized carbons (Fsp3) is 0. The Morgan fingerprint density at radius 3 is 3.08 bits per heavy atom. The highest BCUT2D eigenvalue weighted by Crippen LogP contribution is 2.21. The first-order chi connectivity index (χ1) is 5.77.